The van der Waals surface area contributed by atoms with Gasteiger partial charge in [0.25, 0.3) is 0 Å². The molecule has 24 heavy (non-hydrogen) atoms. The largest absolute Gasteiger partial charge is 0.508 e. The summed E-state index contributed by atoms with van der Waals surface area (Å²) in [5, 5.41) is 16.9. The molecule has 2 heterocycles. The molecule has 2 N–H and O–H groups in total. The van der Waals surface area contributed by atoms with Gasteiger partial charge in [-0.1, -0.05) is 12.1 Å². The Morgan fingerprint density at radius 3 is 2.79 bits per heavy atom. The van der Waals surface area contributed by atoms with E-state index >= 15 is 0 Å². The molecule has 6 nitrogen and oxygen atoms in total. The van der Waals surface area contributed by atoms with E-state index in [4.69, 9.17) is 0 Å². The van der Waals surface area contributed by atoms with E-state index in [1.54, 1.807) is 27.9 Å². The summed E-state index contributed by atoms with van der Waals surface area (Å²) in [5.41, 5.74) is 2.06. The van der Waals surface area contributed by atoms with Crippen LogP contribution in [-0.4, -0.2) is 39.4 Å². The molecule has 2 unspecified atom stereocenters. The fourth-order valence-electron chi connectivity index (χ4n) is 3.11. The summed E-state index contributed by atoms with van der Waals surface area (Å²) in [6.45, 7) is 2.84. The van der Waals surface area contributed by atoms with Gasteiger partial charge < -0.3 is 15.3 Å². The minimum absolute atomic E-state index is 0.125. The topological polar surface area (TPSA) is 70.4 Å². The van der Waals surface area contributed by atoms with Gasteiger partial charge in [0.2, 0.25) is 5.91 Å². The summed E-state index contributed by atoms with van der Waals surface area (Å²) < 4.78 is 1.71. The molecule has 128 valence electrons. The maximum absolute atomic E-state index is 12.6. The maximum Gasteiger partial charge on any atom is 0.244 e. The molecular weight excluding hydrogens is 304 g/mol. The molecule has 0 saturated carbocycles. The van der Waals surface area contributed by atoms with Gasteiger partial charge in [0.15, 0.2) is 0 Å². The standard InChI is InChI=1S/C18H24N4O2/c1-13(3-4-14-5-7-16(23)8-6-14)20-17-9-10-22(18(17)24)15-11-19-21(2)12-15/h5-8,11-13,17,20,23H,3-4,9-10H2,1-2H3. The van der Waals surface area contributed by atoms with Crippen LogP contribution < -0.4 is 10.2 Å². The first kappa shape index (κ1) is 16.5. The lowest BCUT2D eigenvalue weighted by Gasteiger charge is -2.19. The molecule has 0 bridgehead atoms. The number of phenolic OH excluding ortho intramolecular Hbond substituents is 1. The lowest BCUT2D eigenvalue weighted by Crippen LogP contribution is -2.42. The smallest absolute Gasteiger partial charge is 0.244 e. The van der Waals surface area contributed by atoms with E-state index in [0.717, 1.165) is 31.5 Å². The summed E-state index contributed by atoms with van der Waals surface area (Å²) in [5.74, 6) is 0.413. The van der Waals surface area contributed by atoms with Gasteiger partial charge in [0.05, 0.1) is 17.9 Å². The third kappa shape index (κ3) is 3.76. The van der Waals surface area contributed by atoms with Crippen LogP contribution in [0.2, 0.25) is 0 Å². The van der Waals surface area contributed by atoms with E-state index < -0.39 is 0 Å². The molecule has 2 aromatic rings. The summed E-state index contributed by atoms with van der Waals surface area (Å²) >= 11 is 0. The normalized spacial score (nSPS) is 19.0. The van der Waals surface area contributed by atoms with Crippen LogP contribution in [0.4, 0.5) is 5.69 Å². The Hall–Kier alpha value is -2.34. The zero-order valence-corrected chi connectivity index (χ0v) is 14.1. The number of nitrogens with zero attached hydrogens (tertiary/aromatic N) is 3. The molecule has 3 rings (SSSR count). The van der Waals surface area contributed by atoms with Crippen LogP contribution >= 0.6 is 0 Å². The van der Waals surface area contributed by atoms with Crippen LogP contribution in [-0.2, 0) is 18.3 Å². The van der Waals surface area contributed by atoms with Gasteiger partial charge in [-0.05, 0) is 43.9 Å². The molecule has 1 aliphatic heterocycles. The molecule has 0 spiro atoms. The number of anilines is 1. The first-order chi connectivity index (χ1) is 11.5. The molecular formula is C18H24N4O2. The van der Waals surface area contributed by atoms with E-state index in [2.05, 4.69) is 17.3 Å². The van der Waals surface area contributed by atoms with Gasteiger partial charge >= 0.3 is 0 Å². The SMILES string of the molecule is CC(CCc1ccc(O)cc1)NC1CCN(c2cnn(C)c2)C1=O. The highest BCUT2D eigenvalue weighted by Gasteiger charge is 2.33. The second-order valence-electron chi connectivity index (χ2n) is 6.48. The Kier molecular flexibility index (Phi) is 4.85. The van der Waals surface area contributed by atoms with Gasteiger partial charge in [-0.15, -0.1) is 0 Å². The molecule has 2 atom stereocenters. The minimum atomic E-state index is -0.125. The number of carbonyl (C=O) groups excluding carboxylic acids is 1. The molecule has 0 radical (unpaired) electrons. The van der Waals surface area contributed by atoms with Crippen LogP contribution in [0.25, 0.3) is 0 Å². The van der Waals surface area contributed by atoms with Crippen molar-refractivity contribution in [1.29, 1.82) is 0 Å². The van der Waals surface area contributed by atoms with Crippen molar-refractivity contribution in [1.82, 2.24) is 15.1 Å². The number of carbonyl (C=O) groups is 1. The Labute approximate surface area is 142 Å². The molecule has 1 saturated heterocycles. The number of aromatic hydroxyl groups is 1. The molecule has 1 aliphatic rings. The summed E-state index contributed by atoms with van der Waals surface area (Å²) in [4.78, 5) is 14.4. The Morgan fingerprint density at radius 2 is 2.12 bits per heavy atom. The third-order valence-electron chi connectivity index (χ3n) is 4.50. The first-order valence-electron chi connectivity index (χ1n) is 8.37. The predicted molar refractivity (Wildman–Crippen MR) is 93.0 cm³/mol. The Morgan fingerprint density at radius 1 is 1.38 bits per heavy atom. The minimum Gasteiger partial charge on any atom is -0.508 e. The van der Waals surface area contributed by atoms with Crippen molar-refractivity contribution >= 4 is 11.6 Å². The number of aryl methyl sites for hydroxylation is 2. The van der Waals surface area contributed by atoms with E-state index in [0.29, 0.717) is 0 Å². The Bertz CT molecular complexity index is 695. The van der Waals surface area contributed by atoms with E-state index in [-0.39, 0.29) is 23.7 Å². The van der Waals surface area contributed by atoms with Crippen molar-refractivity contribution in [2.24, 2.45) is 7.05 Å². The average Bonchev–Trinajstić information content (AvgIpc) is 3.13. The van der Waals surface area contributed by atoms with Crippen LogP contribution in [0.15, 0.2) is 36.7 Å². The highest BCUT2D eigenvalue weighted by molar-refractivity contribution is 5.99. The molecule has 1 amide bonds. The average molecular weight is 328 g/mol. The number of hydrogen-bond acceptors (Lipinski definition) is 4. The number of nitrogens with one attached hydrogen (secondary N) is 1. The van der Waals surface area contributed by atoms with E-state index in [1.165, 1.54) is 5.56 Å². The fraction of sp³-hybridized carbons (Fsp3) is 0.444. The number of amides is 1. The van der Waals surface area contributed by atoms with E-state index in [1.807, 2.05) is 25.4 Å². The van der Waals surface area contributed by atoms with Crippen molar-refractivity contribution in [3.63, 3.8) is 0 Å². The maximum atomic E-state index is 12.6. The van der Waals surface area contributed by atoms with Gasteiger partial charge in [-0.25, -0.2) is 0 Å². The third-order valence-corrected chi connectivity index (χ3v) is 4.50. The lowest BCUT2D eigenvalue weighted by atomic mass is 10.1. The predicted octanol–water partition coefficient (Wildman–Crippen LogP) is 1.84. The fourth-order valence-corrected chi connectivity index (χ4v) is 3.11. The van der Waals surface area contributed by atoms with Gasteiger partial charge in [0, 0.05) is 25.8 Å². The molecule has 1 fully saturated rings. The highest BCUT2D eigenvalue weighted by atomic mass is 16.3. The monoisotopic (exact) mass is 328 g/mol. The van der Waals surface area contributed by atoms with Crippen LogP contribution in [0.1, 0.15) is 25.3 Å². The summed E-state index contributed by atoms with van der Waals surface area (Å²) in [7, 11) is 1.85. The van der Waals surface area contributed by atoms with Crippen LogP contribution in [0, 0.1) is 0 Å². The Balaban J connectivity index is 1.50. The number of aromatic nitrogens is 2. The van der Waals surface area contributed by atoms with Crippen molar-refractivity contribution in [2.45, 2.75) is 38.3 Å². The molecule has 1 aromatic carbocycles. The first-order valence-corrected chi connectivity index (χ1v) is 8.37. The second kappa shape index (κ2) is 7.05. The summed E-state index contributed by atoms with van der Waals surface area (Å²) in [6, 6.07) is 7.42. The quantitative estimate of drug-likeness (QED) is 0.849. The zero-order chi connectivity index (χ0) is 17.1. The van der Waals surface area contributed by atoms with Crippen molar-refractivity contribution < 1.29 is 9.90 Å². The van der Waals surface area contributed by atoms with E-state index in [9.17, 15) is 9.90 Å². The van der Waals surface area contributed by atoms with Gasteiger partial charge in [-0.2, -0.15) is 5.10 Å². The summed E-state index contributed by atoms with van der Waals surface area (Å²) in [6.07, 6.45) is 6.28. The van der Waals surface area contributed by atoms with Crippen molar-refractivity contribution in [3.05, 3.63) is 42.2 Å². The van der Waals surface area contributed by atoms with Crippen molar-refractivity contribution in [3.8, 4) is 5.75 Å². The van der Waals surface area contributed by atoms with Crippen LogP contribution in [0.3, 0.4) is 0 Å². The molecule has 1 aromatic heterocycles. The zero-order valence-electron chi connectivity index (χ0n) is 14.1. The number of hydrogen-bond donors (Lipinski definition) is 2. The number of benzene rings is 1. The molecule has 0 aliphatic carbocycles. The van der Waals surface area contributed by atoms with Gasteiger partial charge in [-0.3, -0.25) is 9.48 Å². The van der Waals surface area contributed by atoms with Crippen LogP contribution in [0.5, 0.6) is 5.75 Å². The van der Waals surface area contributed by atoms with Gasteiger partial charge in [0.1, 0.15) is 5.75 Å². The molecule has 6 heteroatoms. The van der Waals surface area contributed by atoms with Crippen molar-refractivity contribution in [2.75, 3.05) is 11.4 Å². The lowest BCUT2D eigenvalue weighted by molar-refractivity contribution is -0.119. The second-order valence-corrected chi connectivity index (χ2v) is 6.48. The number of rotatable bonds is 6. The highest BCUT2D eigenvalue weighted by Crippen LogP contribution is 2.21. The number of phenols is 1.